The SMILES string of the molecule is Cc1cc(-c2c(F)cc(S(=O)(=O)N3CC[C@H](F)C3)cc2F)nc2cc(Br)ccc12. The third-order valence-electron chi connectivity index (χ3n) is 4.98. The topological polar surface area (TPSA) is 50.3 Å². The minimum absolute atomic E-state index is 0.0191. The molecule has 0 unspecified atom stereocenters. The molecule has 0 aliphatic carbocycles. The number of benzene rings is 2. The van der Waals surface area contributed by atoms with Gasteiger partial charge >= 0.3 is 0 Å². The molecule has 0 spiro atoms. The van der Waals surface area contributed by atoms with E-state index in [0.717, 1.165) is 31.9 Å². The summed E-state index contributed by atoms with van der Waals surface area (Å²) in [6.45, 7) is 1.47. The Morgan fingerprint density at radius 2 is 1.83 bits per heavy atom. The molecule has 1 aliphatic heterocycles. The second-order valence-corrected chi connectivity index (χ2v) is 9.85. The fourth-order valence-electron chi connectivity index (χ4n) is 3.50. The van der Waals surface area contributed by atoms with E-state index in [1.165, 1.54) is 0 Å². The first-order valence-electron chi connectivity index (χ1n) is 8.87. The van der Waals surface area contributed by atoms with Crippen LogP contribution < -0.4 is 0 Å². The number of pyridine rings is 1. The summed E-state index contributed by atoms with van der Waals surface area (Å²) < 4.78 is 70.0. The van der Waals surface area contributed by atoms with E-state index in [9.17, 15) is 21.6 Å². The molecule has 1 saturated heterocycles. The molecule has 0 radical (unpaired) electrons. The third-order valence-corrected chi connectivity index (χ3v) is 7.32. The number of aromatic nitrogens is 1. The third kappa shape index (κ3) is 3.67. The van der Waals surface area contributed by atoms with Crippen molar-refractivity contribution in [1.29, 1.82) is 0 Å². The van der Waals surface area contributed by atoms with E-state index < -0.39 is 38.3 Å². The maximum absolute atomic E-state index is 14.9. The number of fused-ring (bicyclic) bond motifs is 1. The highest BCUT2D eigenvalue weighted by molar-refractivity contribution is 9.10. The van der Waals surface area contributed by atoms with Crippen LogP contribution in [-0.2, 0) is 10.0 Å². The predicted molar refractivity (Wildman–Crippen MR) is 108 cm³/mol. The minimum atomic E-state index is -4.18. The Labute approximate surface area is 174 Å². The van der Waals surface area contributed by atoms with Crippen molar-refractivity contribution in [3.63, 3.8) is 0 Å². The Bertz CT molecular complexity index is 1210. The normalized spacial score (nSPS) is 17.9. The van der Waals surface area contributed by atoms with Gasteiger partial charge in [-0.15, -0.1) is 0 Å². The lowest BCUT2D eigenvalue weighted by molar-refractivity contribution is 0.343. The van der Waals surface area contributed by atoms with Gasteiger partial charge in [-0.1, -0.05) is 22.0 Å². The van der Waals surface area contributed by atoms with Crippen LogP contribution in [0.5, 0.6) is 0 Å². The number of hydrogen-bond donors (Lipinski definition) is 0. The minimum Gasteiger partial charge on any atom is -0.248 e. The molecular weight excluding hydrogens is 469 g/mol. The van der Waals surface area contributed by atoms with Crippen LogP contribution in [0.1, 0.15) is 12.0 Å². The Balaban J connectivity index is 1.82. The number of aryl methyl sites for hydroxylation is 1. The van der Waals surface area contributed by atoms with E-state index in [1.54, 1.807) is 19.1 Å². The highest BCUT2D eigenvalue weighted by Crippen LogP contribution is 2.32. The summed E-state index contributed by atoms with van der Waals surface area (Å²) in [5, 5.41) is 0.840. The first kappa shape index (κ1) is 20.3. The maximum Gasteiger partial charge on any atom is 0.243 e. The molecule has 4 nitrogen and oxygen atoms in total. The number of rotatable bonds is 3. The molecule has 2 aromatic carbocycles. The van der Waals surface area contributed by atoms with Crippen LogP contribution >= 0.6 is 15.9 Å². The monoisotopic (exact) mass is 484 g/mol. The van der Waals surface area contributed by atoms with E-state index >= 15 is 0 Å². The van der Waals surface area contributed by atoms with E-state index in [0.29, 0.717) is 5.52 Å². The first-order valence-corrected chi connectivity index (χ1v) is 11.1. The zero-order chi connectivity index (χ0) is 20.9. The summed E-state index contributed by atoms with van der Waals surface area (Å²) in [6, 6.07) is 8.52. The quantitative estimate of drug-likeness (QED) is 0.526. The van der Waals surface area contributed by atoms with Crippen LogP contribution in [0, 0.1) is 18.6 Å². The van der Waals surface area contributed by atoms with Crippen LogP contribution in [0.4, 0.5) is 13.2 Å². The molecule has 0 saturated carbocycles. The molecule has 4 rings (SSSR count). The summed E-state index contributed by atoms with van der Waals surface area (Å²) >= 11 is 3.35. The fraction of sp³-hybridized carbons (Fsp3) is 0.250. The van der Waals surface area contributed by atoms with Crippen molar-refractivity contribution in [2.75, 3.05) is 13.1 Å². The van der Waals surface area contributed by atoms with Gasteiger partial charge in [0.05, 0.1) is 21.7 Å². The number of nitrogens with zero attached hydrogens (tertiary/aromatic N) is 2. The highest BCUT2D eigenvalue weighted by atomic mass is 79.9. The summed E-state index contributed by atoms with van der Waals surface area (Å²) in [5.74, 6) is -2.08. The largest absolute Gasteiger partial charge is 0.248 e. The van der Waals surface area contributed by atoms with Crippen molar-refractivity contribution >= 4 is 36.9 Å². The molecule has 1 aromatic heterocycles. The van der Waals surface area contributed by atoms with Crippen molar-refractivity contribution in [2.45, 2.75) is 24.4 Å². The lowest BCUT2D eigenvalue weighted by atomic mass is 10.0. The smallest absolute Gasteiger partial charge is 0.243 e. The second-order valence-electron chi connectivity index (χ2n) is 7.00. The van der Waals surface area contributed by atoms with Gasteiger partial charge in [-0.3, -0.25) is 0 Å². The van der Waals surface area contributed by atoms with Crippen molar-refractivity contribution in [3.8, 4) is 11.3 Å². The molecular formula is C20H16BrF3N2O2S. The molecule has 0 bridgehead atoms. The zero-order valence-corrected chi connectivity index (χ0v) is 17.7. The van der Waals surface area contributed by atoms with Gasteiger partial charge in [0, 0.05) is 22.9 Å². The van der Waals surface area contributed by atoms with Crippen LogP contribution in [0.25, 0.3) is 22.2 Å². The Morgan fingerprint density at radius 3 is 2.45 bits per heavy atom. The molecule has 0 N–H and O–H groups in total. The van der Waals surface area contributed by atoms with Gasteiger partial charge in [-0.2, -0.15) is 4.31 Å². The average Bonchev–Trinajstić information content (AvgIpc) is 3.08. The van der Waals surface area contributed by atoms with Gasteiger partial charge in [0.1, 0.15) is 17.8 Å². The second kappa shape index (κ2) is 7.37. The Kier molecular flexibility index (Phi) is 5.16. The number of alkyl halides is 1. The number of halogens is 4. The van der Waals surface area contributed by atoms with E-state index in [-0.39, 0.29) is 25.2 Å². The lowest BCUT2D eigenvalue weighted by Gasteiger charge is -2.16. The van der Waals surface area contributed by atoms with Gasteiger partial charge in [0.25, 0.3) is 0 Å². The summed E-state index contributed by atoms with van der Waals surface area (Å²) in [5.41, 5.74) is 0.991. The van der Waals surface area contributed by atoms with Gasteiger partial charge in [0.2, 0.25) is 10.0 Å². The number of hydrogen-bond acceptors (Lipinski definition) is 3. The molecule has 1 aliphatic rings. The van der Waals surface area contributed by atoms with Crippen LogP contribution in [0.15, 0.2) is 45.8 Å². The van der Waals surface area contributed by atoms with E-state index in [1.807, 2.05) is 12.1 Å². The molecule has 29 heavy (non-hydrogen) atoms. The molecule has 0 amide bonds. The number of sulfonamides is 1. The molecule has 1 atom stereocenters. The lowest BCUT2D eigenvalue weighted by Crippen LogP contribution is -2.29. The van der Waals surface area contributed by atoms with Crippen LogP contribution in [0.2, 0.25) is 0 Å². The average molecular weight is 485 g/mol. The zero-order valence-electron chi connectivity index (χ0n) is 15.3. The fourth-order valence-corrected chi connectivity index (χ4v) is 5.36. The summed E-state index contributed by atoms with van der Waals surface area (Å²) in [7, 11) is -4.18. The van der Waals surface area contributed by atoms with Crippen molar-refractivity contribution in [3.05, 3.63) is 58.1 Å². The molecule has 2 heterocycles. The summed E-state index contributed by atoms with van der Waals surface area (Å²) in [6.07, 6.45) is -1.21. The van der Waals surface area contributed by atoms with Crippen molar-refractivity contribution in [1.82, 2.24) is 9.29 Å². The van der Waals surface area contributed by atoms with E-state index in [2.05, 4.69) is 20.9 Å². The summed E-state index contributed by atoms with van der Waals surface area (Å²) in [4.78, 5) is 3.81. The van der Waals surface area contributed by atoms with Crippen molar-refractivity contribution in [2.24, 2.45) is 0 Å². The Morgan fingerprint density at radius 1 is 1.14 bits per heavy atom. The molecule has 9 heteroatoms. The van der Waals surface area contributed by atoms with Crippen LogP contribution in [0.3, 0.4) is 0 Å². The van der Waals surface area contributed by atoms with Crippen molar-refractivity contribution < 1.29 is 21.6 Å². The highest BCUT2D eigenvalue weighted by Gasteiger charge is 2.33. The van der Waals surface area contributed by atoms with Gasteiger partial charge in [-0.05, 0) is 49.2 Å². The molecule has 1 fully saturated rings. The molecule has 152 valence electrons. The predicted octanol–water partition coefficient (Wildman–Crippen LogP) is 4.98. The Hall–Kier alpha value is -1.97. The van der Waals surface area contributed by atoms with E-state index in [4.69, 9.17) is 0 Å². The maximum atomic E-state index is 14.9. The van der Waals surface area contributed by atoms with Crippen LogP contribution in [-0.4, -0.2) is 37.0 Å². The standard InChI is InChI=1S/C20H16BrF3N2O2S/c1-11-6-19(25-18-7-12(21)2-3-15(11)18)20-16(23)8-14(9-17(20)24)29(27,28)26-5-4-13(22)10-26/h2-3,6-9,13H,4-5,10H2,1H3/t13-/m0/s1. The molecule has 3 aromatic rings. The first-order chi connectivity index (χ1) is 13.7. The van der Waals surface area contributed by atoms with Gasteiger partial charge in [0.15, 0.2) is 0 Å². The van der Waals surface area contributed by atoms with Gasteiger partial charge in [-0.25, -0.2) is 26.6 Å². The van der Waals surface area contributed by atoms with Gasteiger partial charge < -0.3 is 0 Å².